The van der Waals surface area contributed by atoms with Gasteiger partial charge in [-0.2, -0.15) is 0 Å². The van der Waals surface area contributed by atoms with E-state index < -0.39 is 0 Å². The highest BCUT2D eigenvalue weighted by atomic mass is 79.9. The molecule has 0 bridgehead atoms. The molecule has 10 heteroatoms. The lowest BCUT2D eigenvalue weighted by atomic mass is 10.1. The first-order chi connectivity index (χ1) is 14.4. The van der Waals surface area contributed by atoms with Gasteiger partial charge in [0.25, 0.3) is 5.91 Å². The molecule has 1 fully saturated rings. The van der Waals surface area contributed by atoms with E-state index in [4.69, 9.17) is 4.42 Å². The number of amides is 3. The summed E-state index contributed by atoms with van der Waals surface area (Å²) >= 11 is 3.26. The number of imidazole rings is 1. The van der Waals surface area contributed by atoms with Crippen LogP contribution in [0.5, 0.6) is 0 Å². The standard InChI is InChI=1S/C20H24BrN5O4/c1-25-17(28)4-2-3-14-18(25)13(9-30-14)19(29)23-11-20(5-6-20)10-22-16(27)8-26-7-15(21)24-12-26/h7,9,12H,2-6,8,10-11H2,1H3,(H,22,27)(H,23,29). The van der Waals surface area contributed by atoms with Crippen molar-refractivity contribution in [3.05, 3.63) is 34.7 Å². The van der Waals surface area contributed by atoms with Gasteiger partial charge in [0, 0.05) is 44.6 Å². The number of furan rings is 1. The monoisotopic (exact) mass is 477 g/mol. The molecule has 1 aliphatic heterocycles. The average Bonchev–Trinajstić information content (AvgIpc) is 3.23. The van der Waals surface area contributed by atoms with Crippen LogP contribution in [0.25, 0.3) is 0 Å². The van der Waals surface area contributed by atoms with Crippen LogP contribution in [0.2, 0.25) is 0 Å². The lowest BCUT2D eigenvalue weighted by Crippen LogP contribution is -2.39. The molecule has 0 saturated heterocycles. The molecular formula is C20H24BrN5O4. The Balaban J connectivity index is 1.31. The van der Waals surface area contributed by atoms with Gasteiger partial charge < -0.3 is 24.5 Å². The van der Waals surface area contributed by atoms with E-state index in [1.807, 2.05) is 0 Å². The molecule has 2 aromatic heterocycles. The van der Waals surface area contributed by atoms with E-state index in [2.05, 4.69) is 31.5 Å². The number of carbonyl (C=O) groups is 3. The summed E-state index contributed by atoms with van der Waals surface area (Å²) < 4.78 is 7.95. The van der Waals surface area contributed by atoms with Gasteiger partial charge in [-0.3, -0.25) is 14.4 Å². The summed E-state index contributed by atoms with van der Waals surface area (Å²) in [6.07, 6.45) is 8.43. The Morgan fingerprint density at radius 1 is 1.27 bits per heavy atom. The smallest absolute Gasteiger partial charge is 0.256 e. The van der Waals surface area contributed by atoms with Crippen LogP contribution >= 0.6 is 15.9 Å². The molecule has 4 rings (SSSR count). The lowest BCUT2D eigenvalue weighted by molar-refractivity contribution is -0.122. The van der Waals surface area contributed by atoms with Crippen LogP contribution in [0.15, 0.2) is 27.8 Å². The van der Waals surface area contributed by atoms with E-state index in [0.717, 1.165) is 12.8 Å². The van der Waals surface area contributed by atoms with Gasteiger partial charge in [0.1, 0.15) is 28.7 Å². The molecule has 1 aliphatic carbocycles. The first-order valence-electron chi connectivity index (χ1n) is 9.96. The predicted molar refractivity (Wildman–Crippen MR) is 112 cm³/mol. The highest BCUT2D eigenvalue weighted by Crippen LogP contribution is 2.44. The minimum atomic E-state index is -0.262. The summed E-state index contributed by atoms with van der Waals surface area (Å²) in [5, 5.41) is 5.91. The zero-order valence-electron chi connectivity index (χ0n) is 16.7. The van der Waals surface area contributed by atoms with Crippen LogP contribution in [0.1, 0.15) is 41.8 Å². The van der Waals surface area contributed by atoms with Gasteiger partial charge in [-0.05, 0) is 35.2 Å². The summed E-state index contributed by atoms with van der Waals surface area (Å²) in [7, 11) is 1.68. The lowest BCUT2D eigenvalue weighted by Gasteiger charge is -2.19. The van der Waals surface area contributed by atoms with Crippen LogP contribution in [-0.2, 0) is 22.6 Å². The predicted octanol–water partition coefficient (Wildman–Crippen LogP) is 1.86. The Labute approximate surface area is 182 Å². The Morgan fingerprint density at radius 3 is 2.73 bits per heavy atom. The average molecular weight is 478 g/mol. The fourth-order valence-corrected chi connectivity index (χ4v) is 4.03. The van der Waals surface area contributed by atoms with E-state index in [1.54, 1.807) is 24.1 Å². The first-order valence-corrected chi connectivity index (χ1v) is 10.8. The van der Waals surface area contributed by atoms with Gasteiger partial charge in [0.05, 0.1) is 12.0 Å². The topological polar surface area (TPSA) is 109 Å². The van der Waals surface area contributed by atoms with Crippen molar-refractivity contribution in [1.29, 1.82) is 0 Å². The third-order valence-corrected chi connectivity index (χ3v) is 6.17. The van der Waals surface area contributed by atoms with E-state index in [-0.39, 0.29) is 29.7 Å². The molecular weight excluding hydrogens is 454 g/mol. The maximum atomic E-state index is 12.8. The first kappa shape index (κ1) is 20.6. The van der Waals surface area contributed by atoms with E-state index in [1.165, 1.54) is 11.2 Å². The highest BCUT2D eigenvalue weighted by molar-refractivity contribution is 9.10. The van der Waals surface area contributed by atoms with Gasteiger partial charge in [-0.25, -0.2) is 4.98 Å². The fraction of sp³-hybridized carbons (Fsp3) is 0.500. The number of nitrogens with zero attached hydrogens (tertiary/aromatic N) is 3. The molecule has 2 aliphatic rings. The maximum Gasteiger partial charge on any atom is 0.256 e. The van der Waals surface area contributed by atoms with Crippen LogP contribution in [0, 0.1) is 5.41 Å². The van der Waals surface area contributed by atoms with Gasteiger partial charge in [-0.15, -0.1) is 0 Å². The number of hydrogen-bond donors (Lipinski definition) is 2. The molecule has 3 amide bonds. The summed E-state index contributed by atoms with van der Waals surface area (Å²) in [4.78, 5) is 42.7. The van der Waals surface area contributed by atoms with Crippen LogP contribution in [-0.4, -0.2) is 47.4 Å². The molecule has 2 N–H and O–H groups in total. The second-order valence-electron chi connectivity index (χ2n) is 8.06. The molecule has 0 atom stereocenters. The molecule has 9 nitrogen and oxygen atoms in total. The zero-order chi connectivity index (χ0) is 21.3. The Hall–Kier alpha value is -2.62. The largest absolute Gasteiger partial charge is 0.466 e. The molecule has 3 heterocycles. The van der Waals surface area contributed by atoms with Crippen molar-refractivity contribution in [2.24, 2.45) is 5.41 Å². The summed E-state index contributed by atoms with van der Waals surface area (Å²) in [5.41, 5.74) is 0.830. The van der Waals surface area contributed by atoms with Crippen molar-refractivity contribution in [3.8, 4) is 0 Å². The summed E-state index contributed by atoms with van der Waals surface area (Å²) in [5.74, 6) is 0.295. The quantitative estimate of drug-likeness (QED) is 0.632. The Kier molecular flexibility index (Phi) is 5.68. The van der Waals surface area contributed by atoms with Gasteiger partial charge in [0.2, 0.25) is 11.8 Å². The van der Waals surface area contributed by atoms with E-state index in [0.29, 0.717) is 54.0 Å². The number of rotatable bonds is 7. The molecule has 0 radical (unpaired) electrons. The van der Waals surface area contributed by atoms with Gasteiger partial charge in [0.15, 0.2) is 0 Å². The minimum Gasteiger partial charge on any atom is -0.466 e. The van der Waals surface area contributed by atoms with Crippen molar-refractivity contribution in [2.75, 3.05) is 25.0 Å². The Bertz CT molecular complexity index is 978. The second-order valence-corrected chi connectivity index (χ2v) is 8.87. The van der Waals surface area contributed by atoms with Crippen LogP contribution in [0.3, 0.4) is 0 Å². The second kappa shape index (κ2) is 8.25. The number of carbonyl (C=O) groups excluding carboxylic acids is 3. The molecule has 30 heavy (non-hydrogen) atoms. The fourth-order valence-electron chi connectivity index (χ4n) is 3.67. The highest BCUT2D eigenvalue weighted by Gasteiger charge is 2.43. The van der Waals surface area contributed by atoms with Crippen molar-refractivity contribution in [2.45, 2.75) is 38.6 Å². The summed E-state index contributed by atoms with van der Waals surface area (Å²) in [6.45, 7) is 1.16. The van der Waals surface area contributed by atoms with Crippen molar-refractivity contribution < 1.29 is 18.8 Å². The van der Waals surface area contributed by atoms with Gasteiger partial charge >= 0.3 is 0 Å². The molecule has 1 saturated carbocycles. The number of aryl methyl sites for hydroxylation is 1. The van der Waals surface area contributed by atoms with Crippen LogP contribution < -0.4 is 15.5 Å². The zero-order valence-corrected chi connectivity index (χ0v) is 18.3. The van der Waals surface area contributed by atoms with Crippen molar-refractivity contribution in [1.82, 2.24) is 20.2 Å². The normalized spacial score (nSPS) is 17.3. The number of anilines is 1. The SMILES string of the molecule is CN1C(=O)CCCc2occ(C(=O)NCC3(CNC(=O)Cn4cnc(Br)c4)CC3)c21. The number of fused-ring (bicyclic) bond motifs is 1. The number of halogens is 1. The third-order valence-electron chi connectivity index (χ3n) is 5.76. The summed E-state index contributed by atoms with van der Waals surface area (Å²) in [6, 6.07) is 0. The Morgan fingerprint density at radius 2 is 2.03 bits per heavy atom. The van der Waals surface area contributed by atoms with Crippen molar-refractivity contribution in [3.63, 3.8) is 0 Å². The number of aromatic nitrogens is 2. The molecule has 0 aromatic carbocycles. The third kappa shape index (κ3) is 4.43. The van der Waals surface area contributed by atoms with Gasteiger partial charge in [-0.1, -0.05) is 0 Å². The molecule has 160 valence electrons. The minimum absolute atomic E-state index is 0.0181. The maximum absolute atomic E-state index is 12.8. The van der Waals surface area contributed by atoms with E-state index >= 15 is 0 Å². The molecule has 0 spiro atoms. The molecule has 0 unspecified atom stereocenters. The van der Waals surface area contributed by atoms with Crippen molar-refractivity contribution >= 4 is 39.3 Å². The molecule has 2 aromatic rings. The number of nitrogens with one attached hydrogen (secondary N) is 2. The number of hydrogen-bond acceptors (Lipinski definition) is 5. The van der Waals surface area contributed by atoms with E-state index in [9.17, 15) is 14.4 Å². The van der Waals surface area contributed by atoms with Crippen LogP contribution in [0.4, 0.5) is 5.69 Å².